The van der Waals surface area contributed by atoms with Crippen molar-refractivity contribution in [3.63, 3.8) is 0 Å². The molecule has 0 spiro atoms. The molecule has 1 heterocycles. The molecule has 19 heavy (non-hydrogen) atoms. The molecule has 1 aliphatic heterocycles. The molecule has 0 amide bonds. The molecule has 1 aromatic rings. The number of anilines is 1. The molecule has 3 N–H and O–H groups in total. The second-order valence-electron chi connectivity index (χ2n) is 4.43. The van der Waals surface area contributed by atoms with Gasteiger partial charge in [0.15, 0.2) is 5.85 Å². The maximum Gasteiger partial charge on any atom is 0.319 e. The summed E-state index contributed by atoms with van der Waals surface area (Å²) in [6.07, 6.45) is 1.09. The van der Waals surface area contributed by atoms with Crippen molar-refractivity contribution in [2.24, 2.45) is 0 Å². The lowest BCUT2D eigenvalue weighted by molar-refractivity contribution is -0.136. The molecule has 104 valence electrons. The van der Waals surface area contributed by atoms with Crippen LogP contribution in [0, 0.1) is 0 Å². The number of carboxylic acid groups (broad SMARTS) is 1. The molecule has 1 aliphatic rings. The van der Waals surface area contributed by atoms with Crippen molar-refractivity contribution < 1.29 is 24.1 Å². The maximum absolute atomic E-state index is 12.2. The van der Waals surface area contributed by atoms with Gasteiger partial charge >= 0.3 is 13.5 Å². The Morgan fingerprint density at radius 1 is 1.47 bits per heavy atom. The Labute approximate surface area is 110 Å². The van der Waals surface area contributed by atoms with Crippen molar-refractivity contribution >= 4 is 19.2 Å². The number of carboxylic acids is 1. The minimum atomic E-state index is -3.70. The minimum absolute atomic E-state index is 0.200. The summed E-state index contributed by atoms with van der Waals surface area (Å²) in [6, 6.07) is 6.59. The van der Waals surface area contributed by atoms with E-state index in [0.717, 1.165) is 6.42 Å². The van der Waals surface area contributed by atoms with E-state index in [1.54, 1.807) is 24.3 Å². The molecule has 1 aromatic carbocycles. The molecule has 1 fully saturated rings. The van der Waals surface area contributed by atoms with Crippen LogP contribution in [0.25, 0.3) is 0 Å². The molecule has 0 aromatic heterocycles. The second-order valence-corrected chi connectivity index (χ2v) is 6.48. The van der Waals surface area contributed by atoms with Crippen LogP contribution in [0.4, 0.5) is 5.69 Å². The molecule has 0 saturated carbocycles. The highest BCUT2D eigenvalue weighted by Crippen LogP contribution is 2.50. The maximum atomic E-state index is 12.2. The van der Waals surface area contributed by atoms with Crippen LogP contribution < -0.4 is 5.09 Å². The molecular weight excluding hydrogens is 269 g/mol. The van der Waals surface area contributed by atoms with Gasteiger partial charge in [-0.3, -0.25) is 9.36 Å². The van der Waals surface area contributed by atoms with Crippen LogP contribution in [-0.2, 0) is 20.5 Å². The van der Waals surface area contributed by atoms with Crippen LogP contribution >= 0.6 is 7.52 Å². The van der Waals surface area contributed by atoms with Gasteiger partial charge in [0, 0.05) is 12.3 Å². The minimum Gasteiger partial charge on any atom is -0.481 e. The van der Waals surface area contributed by atoms with Crippen LogP contribution in [0.2, 0.25) is 0 Å². The summed E-state index contributed by atoms with van der Waals surface area (Å²) in [7, 11) is -3.70. The van der Waals surface area contributed by atoms with E-state index in [0.29, 0.717) is 24.3 Å². The molecule has 0 aliphatic carbocycles. The fraction of sp³-hybridized carbons (Fsp3) is 0.417. The fourth-order valence-electron chi connectivity index (χ4n) is 2.03. The summed E-state index contributed by atoms with van der Waals surface area (Å²) in [5.74, 6) is -1.70. The van der Waals surface area contributed by atoms with Crippen LogP contribution in [0.15, 0.2) is 24.3 Å². The van der Waals surface area contributed by atoms with Gasteiger partial charge in [0.1, 0.15) is 0 Å². The lowest BCUT2D eigenvalue weighted by atomic mass is 10.1. The van der Waals surface area contributed by atoms with Gasteiger partial charge in [-0.1, -0.05) is 18.2 Å². The number of ether oxygens (including phenoxy) is 1. The van der Waals surface area contributed by atoms with E-state index in [-0.39, 0.29) is 6.42 Å². The summed E-state index contributed by atoms with van der Waals surface area (Å²) >= 11 is 0. The number of rotatable bonds is 5. The van der Waals surface area contributed by atoms with Gasteiger partial charge in [-0.15, -0.1) is 0 Å². The van der Waals surface area contributed by atoms with Gasteiger partial charge < -0.3 is 19.8 Å². The number of nitrogens with one attached hydrogen (secondary N) is 1. The first kappa shape index (κ1) is 14.1. The van der Waals surface area contributed by atoms with E-state index in [4.69, 9.17) is 9.84 Å². The molecule has 6 nitrogen and oxygen atoms in total. The van der Waals surface area contributed by atoms with Gasteiger partial charge in [0.25, 0.3) is 0 Å². The third-order valence-electron chi connectivity index (χ3n) is 2.94. The zero-order chi connectivity index (χ0) is 13.9. The molecular formula is C12H16NO5P. The highest BCUT2D eigenvalue weighted by molar-refractivity contribution is 7.60. The molecule has 2 rings (SSSR count). The zero-order valence-corrected chi connectivity index (χ0v) is 11.2. The van der Waals surface area contributed by atoms with Gasteiger partial charge in [-0.05, 0) is 24.5 Å². The quantitative estimate of drug-likeness (QED) is 0.716. The predicted molar refractivity (Wildman–Crippen MR) is 70.2 cm³/mol. The Morgan fingerprint density at radius 2 is 2.21 bits per heavy atom. The third-order valence-corrected chi connectivity index (χ3v) is 4.68. The highest BCUT2D eigenvalue weighted by atomic mass is 31.2. The monoisotopic (exact) mass is 285 g/mol. The van der Waals surface area contributed by atoms with Crippen LogP contribution in [0.5, 0.6) is 0 Å². The van der Waals surface area contributed by atoms with Crippen LogP contribution in [0.1, 0.15) is 18.4 Å². The third kappa shape index (κ3) is 3.56. The predicted octanol–water partition coefficient (Wildman–Crippen LogP) is 2.05. The lowest BCUT2D eigenvalue weighted by Gasteiger charge is -2.21. The number of carbonyl (C=O) groups is 1. The summed E-state index contributed by atoms with van der Waals surface area (Å²) < 4.78 is 17.4. The van der Waals surface area contributed by atoms with E-state index < -0.39 is 19.3 Å². The number of benzene rings is 1. The first-order chi connectivity index (χ1) is 8.99. The van der Waals surface area contributed by atoms with Crippen molar-refractivity contribution in [2.75, 3.05) is 11.7 Å². The molecule has 2 unspecified atom stereocenters. The molecule has 0 bridgehead atoms. The SMILES string of the molecule is O=C(O)Cc1ccccc1NP(=O)(O)C1CCCO1. The van der Waals surface area contributed by atoms with Crippen molar-refractivity contribution in [3.8, 4) is 0 Å². The lowest BCUT2D eigenvalue weighted by Crippen LogP contribution is -2.13. The van der Waals surface area contributed by atoms with Crippen LogP contribution in [-0.4, -0.2) is 28.4 Å². The van der Waals surface area contributed by atoms with Crippen molar-refractivity contribution in [2.45, 2.75) is 25.1 Å². The van der Waals surface area contributed by atoms with Gasteiger partial charge in [-0.2, -0.15) is 0 Å². The fourth-order valence-corrected chi connectivity index (χ4v) is 3.58. The Morgan fingerprint density at radius 3 is 2.84 bits per heavy atom. The molecule has 7 heteroatoms. The first-order valence-corrected chi connectivity index (χ1v) is 7.74. The average molecular weight is 285 g/mol. The van der Waals surface area contributed by atoms with E-state index in [1.165, 1.54) is 0 Å². The number of hydrogen-bond acceptors (Lipinski definition) is 3. The van der Waals surface area contributed by atoms with E-state index >= 15 is 0 Å². The van der Waals surface area contributed by atoms with Gasteiger partial charge in [-0.25, -0.2) is 0 Å². The number of aliphatic carboxylic acids is 1. The molecule has 0 radical (unpaired) electrons. The first-order valence-electron chi connectivity index (χ1n) is 6.01. The average Bonchev–Trinajstić information content (AvgIpc) is 2.85. The van der Waals surface area contributed by atoms with E-state index in [9.17, 15) is 14.3 Å². The van der Waals surface area contributed by atoms with Gasteiger partial charge in [0.05, 0.1) is 6.42 Å². The summed E-state index contributed by atoms with van der Waals surface area (Å²) in [4.78, 5) is 20.8. The highest BCUT2D eigenvalue weighted by Gasteiger charge is 2.35. The Hall–Kier alpha value is -1.36. The van der Waals surface area contributed by atoms with E-state index in [2.05, 4.69) is 5.09 Å². The summed E-state index contributed by atoms with van der Waals surface area (Å²) in [5.41, 5.74) is 0.841. The van der Waals surface area contributed by atoms with Crippen molar-refractivity contribution in [1.82, 2.24) is 0 Å². The Bertz CT molecular complexity index is 513. The van der Waals surface area contributed by atoms with Crippen LogP contribution in [0.3, 0.4) is 0 Å². The Kier molecular flexibility index (Phi) is 4.24. The standard InChI is InChI=1S/C12H16NO5P/c14-11(15)8-9-4-1-2-5-10(9)13-19(16,17)12-6-3-7-18-12/h1-2,4-5,12H,3,6-8H2,(H,14,15)(H2,13,16,17). The summed E-state index contributed by atoms with van der Waals surface area (Å²) in [5, 5.41) is 11.4. The molecule has 2 atom stereocenters. The van der Waals surface area contributed by atoms with Crippen molar-refractivity contribution in [3.05, 3.63) is 29.8 Å². The number of para-hydroxylation sites is 1. The zero-order valence-electron chi connectivity index (χ0n) is 10.3. The summed E-state index contributed by atoms with van der Waals surface area (Å²) in [6.45, 7) is 0.480. The van der Waals surface area contributed by atoms with E-state index in [1.807, 2.05) is 0 Å². The topological polar surface area (TPSA) is 95.9 Å². The van der Waals surface area contributed by atoms with Crippen molar-refractivity contribution in [1.29, 1.82) is 0 Å². The Balaban J connectivity index is 2.18. The normalized spacial score (nSPS) is 21.8. The second kappa shape index (κ2) is 5.74. The largest absolute Gasteiger partial charge is 0.481 e. The number of hydrogen-bond donors (Lipinski definition) is 3. The molecule has 1 saturated heterocycles. The van der Waals surface area contributed by atoms with Gasteiger partial charge in [0.2, 0.25) is 0 Å². The smallest absolute Gasteiger partial charge is 0.319 e.